The van der Waals surface area contributed by atoms with E-state index in [-0.39, 0.29) is 10.5 Å². The Labute approximate surface area is 78.6 Å². The summed E-state index contributed by atoms with van der Waals surface area (Å²) >= 11 is 3.68. The molecular formula is C8H6F2O2S. The third kappa shape index (κ3) is 2.18. The molecule has 0 saturated carbocycles. The van der Waals surface area contributed by atoms with Crippen molar-refractivity contribution in [1.82, 2.24) is 0 Å². The van der Waals surface area contributed by atoms with E-state index in [9.17, 15) is 13.6 Å². The van der Waals surface area contributed by atoms with Crippen molar-refractivity contribution in [2.75, 3.05) is 0 Å². The number of carboxylic acids is 1. The van der Waals surface area contributed by atoms with Crippen molar-refractivity contribution in [1.29, 1.82) is 0 Å². The lowest BCUT2D eigenvalue weighted by atomic mass is 10.1. The number of thiol groups is 1. The number of hydrogen-bond donors (Lipinski definition) is 2. The van der Waals surface area contributed by atoms with Gasteiger partial charge in [-0.1, -0.05) is 0 Å². The van der Waals surface area contributed by atoms with Crippen LogP contribution >= 0.6 is 12.6 Å². The molecule has 0 heterocycles. The van der Waals surface area contributed by atoms with Gasteiger partial charge in [-0.15, -0.1) is 12.6 Å². The maximum atomic E-state index is 12.9. The molecule has 0 atom stereocenters. The molecule has 70 valence electrons. The first kappa shape index (κ1) is 9.98. The van der Waals surface area contributed by atoms with Gasteiger partial charge in [0.2, 0.25) is 0 Å². The van der Waals surface area contributed by atoms with E-state index in [0.717, 1.165) is 12.1 Å². The maximum absolute atomic E-state index is 12.9. The van der Waals surface area contributed by atoms with E-state index in [1.54, 1.807) is 0 Å². The molecule has 1 aromatic carbocycles. The average Bonchev–Trinajstić information content (AvgIpc) is 2.05. The molecule has 5 heteroatoms. The van der Waals surface area contributed by atoms with E-state index in [0.29, 0.717) is 0 Å². The Morgan fingerprint density at radius 1 is 1.38 bits per heavy atom. The molecule has 0 saturated heterocycles. The highest BCUT2D eigenvalue weighted by atomic mass is 32.1. The first-order valence-corrected chi connectivity index (χ1v) is 3.84. The molecule has 0 fully saturated rings. The van der Waals surface area contributed by atoms with E-state index in [2.05, 4.69) is 12.6 Å². The quantitative estimate of drug-likeness (QED) is 0.722. The molecular weight excluding hydrogens is 198 g/mol. The zero-order chi connectivity index (χ0) is 10.0. The molecule has 1 aromatic rings. The van der Waals surface area contributed by atoms with Crippen LogP contribution in [0.2, 0.25) is 0 Å². The molecule has 13 heavy (non-hydrogen) atoms. The van der Waals surface area contributed by atoms with Gasteiger partial charge in [0, 0.05) is 10.5 Å². The monoisotopic (exact) mass is 204 g/mol. The van der Waals surface area contributed by atoms with Crippen LogP contribution in [0.15, 0.2) is 17.0 Å². The lowest BCUT2D eigenvalue weighted by molar-refractivity contribution is -0.136. The Morgan fingerprint density at radius 3 is 2.46 bits per heavy atom. The van der Waals surface area contributed by atoms with Crippen molar-refractivity contribution in [3.05, 3.63) is 29.3 Å². The number of carbonyl (C=O) groups is 1. The summed E-state index contributed by atoms with van der Waals surface area (Å²) in [5, 5.41) is 8.38. The zero-order valence-corrected chi connectivity index (χ0v) is 7.31. The summed E-state index contributed by atoms with van der Waals surface area (Å²) in [4.78, 5) is 10.0. The number of rotatable bonds is 2. The van der Waals surface area contributed by atoms with Crippen LogP contribution in [0.25, 0.3) is 0 Å². The highest BCUT2D eigenvalue weighted by Gasteiger charge is 2.13. The van der Waals surface area contributed by atoms with Gasteiger partial charge in [-0.05, 0) is 12.1 Å². The first-order chi connectivity index (χ1) is 6.02. The average molecular weight is 204 g/mol. The van der Waals surface area contributed by atoms with Gasteiger partial charge < -0.3 is 5.11 Å². The minimum absolute atomic E-state index is 0.226. The maximum Gasteiger partial charge on any atom is 0.307 e. The van der Waals surface area contributed by atoms with Crippen LogP contribution in [-0.4, -0.2) is 11.1 Å². The van der Waals surface area contributed by atoms with Gasteiger partial charge in [0.25, 0.3) is 0 Å². The van der Waals surface area contributed by atoms with Crippen LogP contribution in [0.3, 0.4) is 0 Å². The number of carboxylic acid groups (broad SMARTS) is 1. The van der Waals surface area contributed by atoms with Crippen molar-refractivity contribution in [2.24, 2.45) is 0 Å². The summed E-state index contributed by atoms with van der Waals surface area (Å²) in [5.41, 5.74) is -0.226. The third-order valence-electron chi connectivity index (χ3n) is 1.50. The lowest BCUT2D eigenvalue weighted by Crippen LogP contribution is -2.04. The SMILES string of the molecule is O=C(O)Cc1c(F)ccc(F)c1S. The van der Waals surface area contributed by atoms with Crippen molar-refractivity contribution in [2.45, 2.75) is 11.3 Å². The van der Waals surface area contributed by atoms with Gasteiger partial charge in [0.15, 0.2) is 0 Å². The van der Waals surface area contributed by atoms with E-state index >= 15 is 0 Å². The molecule has 2 nitrogen and oxygen atoms in total. The third-order valence-corrected chi connectivity index (χ3v) is 1.99. The van der Waals surface area contributed by atoms with Crippen molar-refractivity contribution < 1.29 is 18.7 Å². The fourth-order valence-electron chi connectivity index (χ4n) is 0.902. The normalized spacial score (nSPS) is 10.1. The number of hydrogen-bond acceptors (Lipinski definition) is 2. The van der Waals surface area contributed by atoms with Crippen LogP contribution in [0.5, 0.6) is 0 Å². The second kappa shape index (κ2) is 3.74. The van der Waals surface area contributed by atoms with E-state index in [4.69, 9.17) is 5.11 Å². The minimum Gasteiger partial charge on any atom is -0.481 e. The van der Waals surface area contributed by atoms with Crippen molar-refractivity contribution in [3.8, 4) is 0 Å². The van der Waals surface area contributed by atoms with E-state index in [1.807, 2.05) is 0 Å². The lowest BCUT2D eigenvalue weighted by Gasteiger charge is -2.04. The van der Waals surface area contributed by atoms with Gasteiger partial charge in [-0.3, -0.25) is 4.79 Å². The number of benzene rings is 1. The minimum atomic E-state index is -1.22. The largest absolute Gasteiger partial charge is 0.481 e. The van der Waals surface area contributed by atoms with Crippen LogP contribution in [-0.2, 0) is 11.2 Å². The molecule has 0 aliphatic carbocycles. The van der Waals surface area contributed by atoms with Crippen LogP contribution in [0.1, 0.15) is 5.56 Å². The topological polar surface area (TPSA) is 37.3 Å². The Bertz CT molecular complexity index is 352. The summed E-state index contributed by atoms with van der Waals surface area (Å²) in [6, 6.07) is 1.79. The molecule has 0 radical (unpaired) electrons. The standard InChI is InChI=1S/C8H6F2O2S/c9-5-1-2-6(10)8(13)4(5)3-7(11)12/h1-2,13H,3H2,(H,11,12). The molecule has 0 aliphatic rings. The summed E-state index contributed by atoms with van der Waals surface area (Å²) in [6.45, 7) is 0. The van der Waals surface area contributed by atoms with Crippen LogP contribution in [0.4, 0.5) is 8.78 Å². The van der Waals surface area contributed by atoms with E-state index < -0.39 is 24.0 Å². The molecule has 0 spiro atoms. The Hall–Kier alpha value is -1.10. The first-order valence-electron chi connectivity index (χ1n) is 3.40. The molecule has 0 aromatic heterocycles. The molecule has 0 amide bonds. The number of halogens is 2. The summed E-state index contributed by atoms with van der Waals surface area (Å²) in [7, 11) is 0. The highest BCUT2D eigenvalue weighted by Crippen LogP contribution is 2.21. The van der Waals surface area contributed by atoms with Crippen molar-refractivity contribution in [3.63, 3.8) is 0 Å². The van der Waals surface area contributed by atoms with Gasteiger partial charge in [-0.25, -0.2) is 8.78 Å². The molecule has 0 aliphatic heterocycles. The predicted molar refractivity (Wildman–Crippen MR) is 44.9 cm³/mol. The fraction of sp³-hybridized carbons (Fsp3) is 0.125. The second-order valence-electron chi connectivity index (χ2n) is 2.43. The van der Waals surface area contributed by atoms with Crippen LogP contribution in [0, 0.1) is 11.6 Å². The highest BCUT2D eigenvalue weighted by molar-refractivity contribution is 7.80. The molecule has 1 N–H and O–H groups in total. The molecule has 0 bridgehead atoms. The van der Waals surface area contributed by atoms with Gasteiger partial charge in [0.1, 0.15) is 11.6 Å². The summed E-state index contributed by atoms with van der Waals surface area (Å²) in [6.07, 6.45) is -0.567. The van der Waals surface area contributed by atoms with Crippen molar-refractivity contribution >= 4 is 18.6 Å². The summed E-state index contributed by atoms with van der Waals surface area (Å²) in [5.74, 6) is -2.70. The smallest absolute Gasteiger partial charge is 0.307 e. The molecule has 0 unspecified atom stereocenters. The van der Waals surface area contributed by atoms with Gasteiger partial charge in [0.05, 0.1) is 6.42 Å². The Kier molecular flexibility index (Phi) is 2.87. The molecule has 1 rings (SSSR count). The Morgan fingerprint density at radius 2 is 1.92 bits per heavy atom. The van der Waals surface area contributed by atoms with Gasteiger partial charge in [-0.2, -0.15) is 0 Å². The Balaban J connectivity index is 3.17. The van der Waals surface area contributed by atoms with Gasteiger partial charge >= 0.3 is 5.97 Å². The van der Waals surface area contributed by atoms with E-state index in [1.165, 1.54) is 0 Å². The number of aliphatic carboxylic acids is 1. The van der Waals surface area contributed by atoms with Crippen LogP contribution < -0.4 is 0 Å². The second-order valence-corrected chi connectivity index (χ2v) is 2.87. The predicted octanol–water partition coefficient (Wildman–Crippen LogP) is 1.88. The fourth-order valence-corrected chi connectivity index (χ4v) is 1.16. The zero-order valence-electron chi connectivity index (χ0n) is 6.42. The summed E-state index contributed by atoms with van der Waals surface area (Å²) < 4.78 is 25.7.